The third-order valence-electron chi connectivity index (χ3n) is 5.92. The number of piperazine rings is 1. The summed E-state index contributed by atoms with van der Waals surface area (Å²) in [5, 5.41) is 0. The molecule has 170 valence electrons. The first kappa shape index (κ1) is 23.1. The van der Waals surface area contributed by atoms with Crippen molar-refractivity contribution in [3.05, 3.63) is 29.8 Å². The van der Waals surface area contributed by atoms with Crippen molar-refractivity contribution in [2.24, 2.45) is 0 Å². The van der Waals surface area contributed by atoms with Crippen molar-refractivity contribution >= 4 is 17.7 Å². The van der Waals surface area contributed by atoms with E-state index in [9.17, 15) is 14.4 Å². The number of rotatable bonds is 6. The van der Waals surface area contributed by atoms with Gasteiger partial charge in [-0.25, -0.2) is 0 Å². The molecule has 0 saturated carbocycles. The van der Waals surface area contributed by atoms with Gasteiger partial charge < -0.3 is 19.4 Å². The van der Waals surface area contributed by atoms with Crippen LogP contribution in [-0.4, -0.2) is 104 Å². The number of hydrogen-bond donors (Lipinski definition) is 0. The Morgan fingerprint density at radius 2 is 1.58 bits per heavy atom. The van der Waals surface area contributed by atoms with E-state index in [0.29, 0.717) is 44.0 Å². The van der Waals surface area contributed by atoms with Crippen molar-refractivity contribution < 1.29 is 19.1 Å². The van der Waals surface area contributed by atoms with Crippen LogP contribution in [0.25, 0.3) is 0 Å². The van der Waals surface area contributed by atoms with Crippen molar-refractivity contribution in [1.29, 1.82) is 0 Å². The Morgan fingerprint density at radius 3 is 2.23 bits per heavy atom. The lowest BCUT2D eigenvalue weighted by atomic mass is 10.1. The molecule has 2 heterocycles. The number of hydrogen-bond acceptors (Lipinski definition) is 5. The van der Waals surface area contributed by atoms with Crippen LogP contribution in [0.2, 0.25) is 0 Å². The third-order valence-corrected chi connectivity index (χ3v) is 5.92. The maximum absolute atomic E-state index is 12.9. The summed E-state index contributed by atoms with van der Waals surface area (Å²) in [6.07, 6.45) is 4.62. The lowest BCUT2D eigenvalue weighted by Crippen LogP contribution is -2.51. The second-order valence-corrected chi connectivity index (χ2v) is 8.47. The van der Waals surface area contributed by atoms with Gasteiger partial charge in [-0.3, -0.25) is 19.3 Å². The Morgan fingerprint density at radius 1 is 0.903 bits per heavy atom. The molecule has 1 aromatic rings. The summed E-state index contributed by atoms with van der Waals surface area (Å²) >= 11 is 0. The topological polar surface area (TPSA) is 73.4 Å². The fourth-order valence-electron chi connectivity index (χ4n) is 3.90. The van der Waals surface area contributed by atoms with Gasteiger partial charge in [0.05, 0.1) is 6.54 Å². The van der Waals surface area contributed by atoms with Gasteiger partial charge in [0.25, 0.3) is 11.8 Å². The van der Waals surface area contributed by atoms with Gasteiger partial charge in [-0.05, 0) is 31.0 Å². The van der Waals surface area contributed by atoms with Gasteiger partial charge >= 0.3 is 0 Å². The van der Waals surface area contributed by atoms with Gasteiger partial charge in [-0.2, -0.15) is 0 Å². The Labute approximate surface area is 184 Å². The van der Waals surface area contributed by atoms with Gasteiger partial charge in [0.1, 0.15) is 5.75 Å². The number of benzene rings is 1. The largest absolute Gasteiger partial charge is 0.484 e. The van der Waals surface area contributed by atoms with Crippen LogP contribution in [0.5, 0.6) is 5.75 Å². The lowest BCUT2D eigenvalue weighted by Gasteiger charge is -2.35. The summed E-state index contributed by atoms with van der Waals surface area (Å²) in [4.78, 5) is 44.6. The summed E-state index contributed by atoms with van der Waals surface area (Å²) in [5.41, 5.74) is 0.545. The summed E-state index contributed by atoms with van der Waals surface area (Å²) < 4.78 is 5.52. The average Bonchev–Trinajstić information content (AvgIpc) is 3.07. The van der Waals surface area contributed by atoms with Crippen molar-refractivity contribution in [2.45, 2.75) is 25.7 Å². The van der Waals surface area contributed by atoms with Crippen molar-refractivity contribution in [3.8, 4) is 5.75 Å². The van der Waals surface area contributed by atoms with Crippen LogP contribution in [-0.2, 0) is 9.59 Å². The summed E-state index contributed by atoms with van der Waals surface area (Å²) in [5.74, 6) is 0.520. The maximum Gasteiger partial charge on any atom is 0.259 e. The van der Waals surface area contributed by atoms with Gasteiger partial charge in [-0.1, -0.05) is 18.9 Å². The minimum Gasteiger partial charge on any atom is -0.484 e. The molecule has 2 aliphatic heterocycles. The first-order valence-electron chi connectivity index (χ1n) is 11.2. The van der Waals surface area contributed by atoms with Crippen LogP contribution < -0.4 is 4.74 Å². The monoisotopic (exact) mass is 430 g/mol. The number of carbonyl (C=O) groups excluding carboxylic acids is 3. The molecule has 2 fully saturated rings. The highest BCUT2D eigenvalue weighted by Crippen LogP contribution is 2.17. The van der Waals surface area contributed by atoms with Crippen LogP contribution in [0.1, 0.15) is 36.0 Å². The molecule has 3 amide bonds. The zero-order valence-electron chi connectivity index (χ0n) is 18.7. The van der Waals surface area contributed by atoms with E-state index < -0.39 is 0 Å². The molecule has 0 aromatic heterocycles. The molecule has 31 heavy (non-hydrogen) atoms. The molecule has 1 aromatic carbocycles. The normalized spacial score (nSPS) is 17.7. The minimum absolute atomic E-state index is 0.0529. The third kappa shape index (κ3) is 6.69. The predicted octanol–water partition coefficient (Wildman–Crippen LogP) is 1.31. The van der Waals surface area contributed by atoms with E-state index in [1.807, 2.05) is 9.80 Å². The Hall–Kier alpha value is -2.61. The molecule has 8 heteroatoms. The summed E-state index contributed by atoms with van der Waals surface area (Å²) in [6.45, 7) is 4.69. The van der Waals surface area contributed by atoms with Crippen LogP contribution in [0, 0.1) is 0 Å². The molecule has 8 nitrogen and oxygen atoms in total. The molecule has 0 N–H and O–H groups in total. The number of nitrogens with zero attached hydrogens (tertiary/aromatic N) is 4. The maximum atomic E-state index is 12.9. The van der Waals surface area contributed by atoms with E-state index in [-0.39, 0.29) is 24.3 Å². The molecule has 2 saturated heterocycles. The van der Waals surface area contributed by atoms with E-state index in [2.05, 4.69) is 4.90 Å². The highest BCUT2D eigenvalue weighted by Gasteiger charge is 2.25. The first-order chi connectivity index (χ1) is 14.9. The number of ether oxygens (including phenoxy) is 1. The van der Waals surface area contributed by atoms with E-state index >= 15 is 0 Å². The molecule has 0 aliphatic carbocycles. The van der Waals surface area contributed by atoms with Crippen LogP contribution in [0.4, 0.5) is 0 Å². The molecule has 0 bridgehead atoms. The zero-order valence-corrected chi connectivity index (χ0v) is 18.7. The molecular formula is C23H34N4O4. The zero-order chi connectivity index (χ0) is 22.2. The fourth-order valence-corrected chi connectivity index (χ4v) is 3.90. The van der Waals surface area contributed by atoms with Gasteiger partial charge in [-0.15, -0.1) is 0 Å². The highest BCUT2D eigenvalue weighted by molar-refractivity contribution is 5.94. The van der Waals surface area contributed by atoms with Crippen LogP contribution in [0.15, 0.2) is 24.3 Å². The minimum atomic E-state index is -0.137. The number of carbonyl (C=O) groups is 3. The molecule has 3 rings (SSSR count). The van der Waals surface area contributed by atoms with Crippen LogP contribution in [0.3, 0.4) is 0 Å². The summed E-state index contributed by atoms with van der Waals surface area (Å²) in [6, 6.07) is 6.95. The Kier molecular flexibility index (Phi) is 8.28. The van der Waals surface area contributed by atoms with Gasteiger partial charge in [0, 0.05) is 58.9 Å². The first-order valence-corrected chi connectivity index (χ1v) is 11.2. The average molecular weight is 431 g/mol. The number of amides is 3. The molecular weight excluding hydrogens is 396 g/mol. The fraction of sp³-hybridized carbons (Fsp3) is 0.609. The molecule has 2 aliphatic rings. The Bertz CT molecular complexity index is 767. The van der Waals surface area contributed by atoms with E-state index in [4.69, 9.17) is 4.74 Å². The number of likely N-dealkylation sites (tertiary alicyclic amines) is 1. The molecule has 0 radical (unpaired) electrons. The van der Waals surface area contributed by atoms with E-state index in [1.54, 1.807) is 38.4 Å². The number of likely N-dealkylation sites (N-methyl/N-ethyl adjacent to an activating group) is 1. The molecule has 0 spiro atoms. The lowest BCUT2D eigenvalue weighted by molar-refractivity contribution is -0.133. The second-order valence-electron chi connectivity index (χ2n) is 8.47. The predicted molar refractivity (Wildman–Crippen MR) is 118 cm³/mol. The van der Waals surface area contributed by atoms with Gasteiger partial charge in [0.2, 0.25) is 5.91 Å². The second kappa shape index (κ2) is 11.1. The van der Waals surface area contributed by atoms with E-state index in [1.165, 1.54) is 17.7 Å². The van der Waals surface area contributed by atoms with E-state index in [0.717, 1.165) is 25.9 Å². The smallest absolute Gasteiger partial charge is 0.259 e. The highest BCUT2D eigenvalue weighted by atomic mass is 16.5. The summed E-state index contributed by atoms with van der Waals surface area (Å²) in [7, 11) is 3.35. The molecule has 0 atom stereocenters. The Balaban J connectivity index is 1.48. The quantitative estimate of drug-likeness (QED) is 0.681. The van der Waals surface area contributed by atoms with Crippen molar-refractivity contribution in [3.63, 3.8) is 0 Å². The SMILES string of the molecule is CN(C)C(=O)COc1cccc(C(=O)N2CCN(CC(=O)N3CCCCCC3)CC2)c1. The van der Waals surface area contributed by atoms with Crippen molar-refractivity contribution in [1.82, 2.24) is 19.6 Å². The van der Waals surface area contributed by atoms with Crippen LogP contribution >= 0.6 is 0 Å². The van der Waals surface area contributed by atoms with Gasteiger partial charge in [0.15, 0.2) is 6.61 Å². The molecule has 0 unspecified atom stereocenters. The van der Waals surface area contributed by atoms with Crippen molar-refractivity contribution in [2.75, 3.05) is 66.5 Å². The standard InChI is InChI=1S/C23H34N4O4/c1-24(2)22(29)18-31-20-9-7-8-19(16-20)23(30)27-14-12-25(13-15-27)17-21(28)26-10-5-3-4-6-11-26/h7-9,16H,3-6,10-15,17-18H2,1-2H3.